The first-order valence-electron chi connectivity index (χ1n) is 11.4. The number of anilines is 1. The van der Waals surface area contributed by atoms with Crippen LogP contribution in [-0.2, 0) is 4.74 Å². The highest BCUT2D eigenvalue weighted by molar-refractivity contribution is 6.10. The van der Waals surface area contributed by atoms with Crippen molar-refractivity contribution in [3.8, 4) is 16.9 Å². The first kappa shape index (κ1) is 24.7. The minimum atomic E-state index is -2.94. The van der Waals surface area contributed by atoms with Gasteiger partial charge >= 0.3 is 5.97 Å². The van der Waals surface area contributed by atoms with E-state index in [0.29, 0.717) is 11.3 Å². The third-order valence-corrected chi connectivity index (χ3v) is 5.60. The number of nitrogens with one attached hydrogen (secondary N) is 1. The smallest absolute Gasteiger partial charge is 0.343 e. The molecule has 5 rings (SSSR count). The molecule has 0 aliphatic carbocycles. The molecule has 0 spiro atoms. The van der Waals surface area contributed by atoms with Crippen molar-refractivity contribution in [2.24, 2.45) is 0 Å². The number of carbonyl (C=O) groups excluding carboxylic acids is 2. The van der Waals surface area contributed by atoms with Crippen LogP contribution in [0.5, 0.6) is 0 Å². The first-order chi connectivity index (χ1) is 18.4. The monoisotopic (exact) mass is 520 g/mol. The van der Waals surface area contributed by atoms with Crippen molar-refractivity contribution in [2.45, 2.75) is 13.3 Å². The molecule has 0 saturated carbocycles. The minimum Gasteiger partial charge on any atom is -0.462 e. The zero-order valence-electron chi connectivity index (χ0n) is 19.8. The first-order valence-corrected chi connectivity index (χ1v) is 11.4. The van der Waals surface area contributed by atoms with Gasteiger partial charge in [0, 0.05) is 5.56 Å². The van der Waals surface area contributed by atoms with E-state index in [2.05, 4.69) is 20.5 Å². The molecule has 0 aliphatic heterocycles. The molecule has 1 amide bonds. The van der Waals surface area contributed by atoms with E-state index in [0.717, 1.165) is 16.8 Å². The molecule has 2 aromatic carbocycles. The van der Waals surface area contributed by atoms with Crippen molar-refractivity contribution in [2.75, 3.05) is 11.9 Å². The van der Waals surface area contributed by atoms with Gasteiger partial charge in [-0.15, -0.1) is 0 Å². The summed E-state index contributed by atoms with van der Waals surface area (Å²) >= 11 is 0. The molecule has 192 valence electrons. The van der Waals surface area contributed by atoms with E-state index in [-0.39, 0.29) is 34.9 Å². The second kappa shape index (κ2) is 10.2. The van der Waals surface area contributed by atoms with Gasteiger partial charge in [0.2, 0.25) is 0 Å². The molecule has 0 fully saturated rings. The Labute approximate surface area is 213 Å². The van der Waals surface area contributed by atoms with Gasteiger partial charge in [0.15, 0.2) is 11.5 Å². The number of alkyl halides is 2. The highest BCUT2D eigenvalue weighted by Gasteiger charge is 2.25. The maximum atomic E-state index is 13.9. The minimum absolute atomic E-state index is 0.00578. The van der Waals surface area contributed by atoms with Crippen molar-refractivity contribution in [3.05, 3.63) is 95.7 Å². The largest absolute Gasteiger partial charge is 0.462 e. The van der Waals surface area contributed by atoms with Gasteiger partial charge in [-0.3, -0.25) is 4.79 Å². The Morgan fingerprint density at radius 3 is 2.39 bits per heavy atom. The van der Waals surface area contributed by atoms with Crippen LogP contribution in [0.25, 0.3) is 22.6 Å². The van der Waals surface area contributed by atoms with E-state index in [9.17, 15) is 22.8 Å². The van der Waals surface area contributed by atoms with Crippen molar-refractivity contribution in [1.29, 1.82) is 0 Å². The summed E-state index contributed by atoms with van der Waals surface area (Å²) in [6.45, 7) is 1.74. The number of rotatable bonds is 7. The second-order valence-corrected chi connectivity index (χ2v) is 8.00. The number of carbonyl (C=O) groups is 2. The van der Waals surface area contributed by atoms with Gasteiger partial charge in [0.1, 0.15) is 22.6 Å². The van der Waals surface area contributed by atoms with Gasteiger partial charge in [-0.2, -0.15) is 10.2 Å². The molecule has 0 bridgehead atoms. The van der Waals surface area contributed by atoms with Crippen molar-refractivity contribution in [3.63, 3.8) is 0 Å². The van der Waals surface area contributed by atoms with Crippen LogP contribution in [0.1, 0.15) is 39.8 Å². The fourth-order valence-corrected chi connectivity index (χ4v) is 3.84. The number of hydrogen-bond acceptors (Lipinski definition) is 6. The molecular formula is C26H19F3N6O3. The van der Waals surface area contributed by atoms with Crippen LogP contribution in [0, 0.1) is 5.82 Å². The fourth-order valence-electron chi connectivity index (χ4n) is 3.84. The normalized spacial score (nSPS) is 11.2. The van der Waals surface area contributed by atoms with E-state index in [1.54, 1.807) is 37.3 Å². The van der Waals surface area contributed by atoms with Crippen LogP contribution in [0.2, 0.25) is 0 Å². The van der Waals surface area contributed by atoms with Gasteiger partial charge in [0.25, 0.3) is 12.3 Å². The molecule has 5 aromatic rings. The number of halogens is 3. The molecule has 3 heterocycles. The molecule has 0 saturated heterocycles. The van der Waals surface area contributed by atoms with Gasteiger partial charge < -0.3 is 10.1 Å². The Balaban J connectivity index is 1.60. The molecule has 0 unspecified atom stereocenters. The summed E-state index contributed by atoms with van der Waals surface area (Å²) < 4.78 is 48.5. The van der Waals surface area contributed by atoms with Gasteiger partial charge in [0.05, 0.1) is 30.4 Å². The lowest BCUT2D eigenvalue weighted by Crippen LogP contribution is -2.18. The van der Waals surface area contributed by atoms with Crippen molar-refractivity contribution in [1.82, 2.24) is 24.4 Å². The molecular weight excluding hydrogens is 501 g/mol. The van der Waals surface area contributed by atoms with E-state index in [1.165, 1.54) is 35.1 Å². The Morgan fingerprint density at radius 1 is 1.00 bits per heavy atom. The van der Waals surface area contributed by atoms with Crippen LogP contribution in [-0.4, -0.2) is 42.9 Å². The van der Waals surface area contributed by atoms with Crippen LogP contribution in [0.15, 0.2) is 73.1 Å². The predicted octanol–water partition coefficient (Wildman–Crippen LogP) is 5.09. The number of nitrogens with zero attached hydrogens (tertiary/aromatic N) is 5. The zero-order chi connectivity index (χ0) is 26.8. The lowest BCUT2D eigenvalue weighted by atomic mass is 10.1. The van der Waals surface area contributed by atoms with E-state index < -0.39 is 29.8 Å². The molecule has 0 aliphatic rings. The average Bonchev–Trinajstić information content (AvgIpc) is 3.53. The highest BCUT2D eigenvalue weighted by Crippen LogP contribution is 2.28. The topological polar surface area (TPSA) is 103 Å². The summed E-state index contributed by atoms with van der Waals surface area (Å²) in [5.74, 6) is -1.96. The van der Waals surface area contributed by atoms with E-state index in [4.69, 9.17) is 4.74 Å². The molecule has 12 heteroatoms. The quantitative estimate of drug-likeness (QED) is 0.300. The van der Waals surface area contributed by atoms with Crippen LogP contribution in [0.3, 0.4) is 0 Å². The number of benzene rings is 2. The standard InChI is InChI=1S/C26H19F3N6O3/c1-2-38-26(37)19-14-30-34(17-6-4-3-5-7-17)24(19)33-25(36)18-13-31-35-21(22(28)29)12-20(32-23(18)35)15-8-10-16(27)11-9-15/h3-14,22H,2H2,1H3,(H,33,36). The summed E-state index contributed by atoms with van der Waals surface area (Å²) in [7, 11) is 0. The lowest BCUT2D eigenvalue weighted by Gasteiger charge is -2.11. The summed E-state index contributed by atoms with van der Waals surface area (Å²) in [6, 6.07) is 15.0. The predicted molar refractivity (Wildman–Crippen MR) is 131 cm³/mol. The molecule has 9 nitrogen and oxygen atoms in total. The van der Waals surface area contributed by atoms with Crippen LogP contribution in [0.4, 0.5) is 19.0 Å². The molecule has 3 aromatic heterocycles. The SMILES string of the molecule is CCOC(=O)c1cnn(-c2ccccc2)c1NC(=O)c1cnn2c(C(F)F)cc(-c3ccc(F)cc3)nc12. The Hall–Kier alpha value is -5.00. The maximum absolute atomic E-state index is 13.9. The number of aromatic nitrogens is 5. The Kier molecular flexibility index (Phi) is 6.60. The molecule has 0 atom stereocenters. The zero-order valence-corrected chi connectivity index (χ0v) is 19.8. The number of ether oxygens (including phenoxy) is 1. The third-order valence-electron chi connectivity index (χ3n) is 5.60. The number of hydrogen-bond donors (Lipinski definition) is 1. The number of amides is 1. The maximum Gasteiger partial charge on any atom is 0.343 e. The summed E-state index contributed by atoms with van der Waals surface area (Å²) in [5.41, 5.74) is 0.229. The molecule has 0 radical (unpaired) electrons. The average molecular weight is 520 g/mol. The van der Waals surface area contributed by atoms with Crippen molar-refractivity contribution < 1.29 is 27.5 Å². The lowest BCUT2D eigenvalue weighted by molar-refractivity contribution is 0.0527. The van der Waals surface area contributed by atoms with E-state index >= 15 is 0 Å². The van der Waals surface area contributed by atoms with Gasteiger partial charge in [-0.25, -0.2) is 32.1 Å². The summed E-state index contributed by atoms with van der Waals surface area (Å²) in [4.78, 5) is 30.4. The van der Waals surface area contributed by atoms with Crippen LogP contribution < -0.4 is 5.32 Å². The molecule has 1 N–H and O–H groups in total. The van der Waals surface area contributed by atoms with Gasteiger partial charge in [-0.1, -0.05) is 18.2 Å². The Morgan fingerprint density at radius 2 is 1.71 bits per heavy atom. The highest BCUT2D eigenvalue weighted by atomic mass is 19.3. The van der Waals surface area contributed by atoms with E-state index in [1.807, 2.05) is 0 Å². The summed E-state index contributed by atoms with van der Waals surface area (Å²) in [5, 5.41) is 10.8. The second-order valence-electron chi connectivity index (χ2n) is 8.00. The third kappa shape index (κ3) is 4.59. The van der Waals surface area contributed by atoms with Gasteiger partial charge in [-0.05, 0) is 49.4 Å². The van der Waals surface area contributed by atoms with Crippen LogP contribution >= 0.6 is 0 Å². The Bertz CT molecular complexity index is 1630. The van der Waals surface area contributed by atoms with Crippen molar-refractivity contribution >= 4 is 23.3 Å². The molecule has 38 heavy (non-hydrogen) atoms. The number of esters is 1. The fraction of sp³-hybridized carbons (Fsp3) is 0.115. The number of para-hydroxylation sites is 1. The summed E-state index contributed by atoms with van der Waals surface area (Å²) in [6.07, 6.45) is -0.577. The number of fused-ring (bicyclic) bond motifs is 1.